The van der Waals surface area contributed by atoms with Crippen LogP contribution in [0.4, 0.5) is 0 Å². The Morgan fingerprint density at radius 3 is 2.95 bits per heavy atom. The maximum absolute atomic E-state index is 12.2. The first-order chi connectivity index (χ1) is 10.5. The molecule has 0 bridgehead atoms. The van der Waals surface area contributed by atoms with E-state index in [1.807, 2.05) is 0 Å². The third-order valence-corrected chi connectivity index (χ3v) is 4.51. The van der Waals surface area contributed by atoms with E-state index in [0.29, 0.717) is 28.4 Å². The van der Waals surface area contributed by atoms with Crippen LogP contribution in [-0.2, 0) is 4.79 Å². The first kappa shape index (κ1) is 17.4. The van der Waals surface area contributed by atoms with E-state index in [4.69, 9.17) is 27.9 Å². The lowest BCUT2D eigenvalue weighted by Gasteiger charge is -2.24. The number of rotatable bonds is 6. The lowest BCUT2D eigenvalue weighted by Crippen LogP contribution is -2.44. The third-order valence-electron chi connectivity index (χ3n) is 3.98. The van der Waals surface area contributed by atoms with E-state index < -0.39 is 6.10 Å². The molecule has 6 heteroatoms. The molecular weight excluding hydrogens is 323 g/mol. The third kappa shape index (κ3) is 4.51. The van der Waals surface area contributed by atoms with E-state index in [1.54, 1.807) is 25.1 Å². The zero-order valence-corrected chi connectivity index (χ0v) is 14.5. The van der Waals surface area contributed by atoms with Crippen molar-refractivity contribution in [2.24, 2.45) is 0 Å². The molecule has 0 aromatic heterocycles. The van der Waals surface area contributed by atoms with Gasteiger partial charge in [0.15, 0.2) is 6.10 Å². The summed E-state index contributed by atoms with van der Waals surface area (Å²) in [6.07, 6.45) is 1.72. The van der Waals surface area contributed by atoms with Crippen LogP contribution in [0, 0.1) is 0 Å². The van der Waals surface area contributed by atoms with Crippen molar-refractivity contribution in [3.63, 3.8) is 0 Å². The van der Waals surface area contributed by atoms with Crippen molar-refractivity contribution in [2.75, 3.05) is 19.6 Å². The Morgan fingerprint density at radius 2 is 2.27 bits per heavy atom. The summed E-state index contributed by atoms with van der Waals surface area (Å²) in [6, 6.07) is 5.39. The van der Waals surface area contributed by atoms with Crippen LogP contribution in [0.1, 0.15) is 26.7 Å². The van der Waals surface area contributed by atoms with E-state index >= 15 is 0 Å². The molecule has 1 aliphatic rings. The van der Waals surface area contributed by atoms with Gasteiger partial charge in [0.05, 0.1) is 5.02 Å². The molecule has 0 spiro atoms. The van der Waals surface area contributed by atoms with Crippen molar-refractivity contribution in [2.45, 2.75) is 38.8 Å². The molecule has 0 saturated carbocycles. The first-order valence-electron chi connectivity index (χ1n) is 7.64. The Balaban J connectivity index is 1.84. The van der Waals surface area contributed by atoms with Gasteiger partial charge in [-0.05, 0) is 51.1 Å². The molecule has 1 N–H and O–H groups in total. The molecular formula is C16H22Cl2N2O2. The second-order valence-electron chi connectivity index (χ2n) is 5.50. The Bertz CT molecular complexity index is 525. The van der Waals surface area contributed by atoms with E-state index in [0.717, 1.165) is 19.5 Å². The minimum Gasteiger partial charge on any atom is -0.479 e. The van der Waals surface area contributed by atoms with Crippen LogP contribution in [0.5, 0.6) is 5.75 Å². The van der Waals surface area contributed by atoms with Crippen molar-refractivity contribution in [3.05, 3.63) is 28.2 Å². The van der Waals surface area contributed by atoms with Crippen molar-refractivity contribution >= 4 is 29.1 Å². The molecule has 1 aliphatic heterocycles. The number of ether oxygens (including phenoxy) is 1. The number of benzene rings is 1. The highest BCUT2D eigenvalue weighted by Gasteiger charge is 2.24. The number of amides is 1. The molecule has 1 aromatic rings. The predicted molar refractivity (Wildman–Crippen MR) is 89.8 cm³/mol. The molecule has 122 valence electrons. The second-order valence-corrected chi connectivity index (χ2v) is 6.35. The monoisotopic (exact) mass is 344 g/mol. The number of likely N-dealkylation sites (N-methyl/N-ethyl adjacent to an activating group) is 1. The molecule has 0 unspecified atom stereocenters. The van der Waals surface area contributed by atoms with Crippen molar-refractivity contribution in [3.8, 4) is 5.75 Å². The summed E-state index contributed by atoms with van der Waals surface area (Å²) >= 11 is 11.9. The van der Waals surface area contributed by atoms with Gasteiger partial charge in [-0.15, -0.1) is 0 Å². The van der Waals surface area contributed by atoms with Crippen molar-refractivity contribution < 1.29 is 9.53 Å². The van der Waals surface area contributed by atoms with Gasteiger partial charge in [0, 0.05) is 17.6 Å². The molecule has 1 heterocycles. The van der Waals surface area contributed by atoms with Crippen LogP contribution < -0.4 is 10.1 Å². The molecule has 1 fully saturated rings. The summed E-state index contributed by atoms with van der Waals surface area (Å²) < 4.78 is 5.61. The SMILES string of the molecule is CCN1CCC[C@H]1CNC(=O)[C@H](C)Oc1ccc(Cl)cc1Cl. The fraction of sp³-hybridized carbons (Fsp3) is 0.562. The minimum absolute atomic E-state index is 0.131. The topological polar surface area (TPSA) is 41.6 Å². The maximum Gasteiger partial charge on any atom is 0.260 e. The molecule has 22 heavy (non-hydrogen) atoms. The van der Waals surface area contributed by atoms with Gasteiger partial charge in [0.1, 0.15) is 5.75 Å². The number of hydrogen-bond acceptors (Lipinski definition) is 3. The van der Waals surface area contributed by atoms with E-state index in [9.17, 15) is 4.79 Å². The van der Waals surface area contributed by atoms with Crippen LogP contribution in [0.2, 0.25) is 10.0 Å². The maximum atomic E-state index is 12.2. The van der Waals surface area contributed by atoms with Crippen LogP contribution in [-0.4, -0.2) is 42.6 Å². The summed E-state index contributed by atoms with van der Waals surface area (Å²) in [6.45, 7) is 6.66. The van der Waals surface area contributed by atoms with Gasteiger partial charge < -0.3 is 10.1 Å². The van der Waals surface area contributed by atoms with Gasteiger partial charge in [-0.2, -0.15) is 0 Å². The average Bonchev–Trinajstić information content (AvgIpc) is 2.95. The van der Waals surface area contributed by atoms with E-state index in [2.05, 4.69) is 17.1 Å². The molecule has 4 nitrogen and oxygen atoms in total. The van der Waals surface area contributed by atoms with E-state index in [-0.39, 0.29) is 5.91 Å². The number of carbonyl (C=O) groups excluding carboxylic acids is 1. The first-order valence-corrected chi connectivity index (χ1v) is 8.40. The number of likely N-dealkylation sites (tertiary alicyclic amines) is 1. The van der Waals surface area contributed by atoms with Gasteiger partial charge in [-0.3, -0.25) is 9.69 Å². The highest BCUT2D eigenvalue weighted by molar-refractivity contribution is 6.35. The zero-order valence-electron chi connectivity index (χ0n) is 12.9. The summed E-state index contributed by atoms with van der Waals surface area (Å²) in [5.74, 6) is 0.332. The van der Waals surface area contributed by atoms with Crippen LogP contribution >= 0.6 is 23.2 Å². The summed E-state index contributed by atoms with van der Waals surface area (Å²) in [5.41, 5.74) is 0. The van der Waals surface area contributed by atoms with E-state index in [1.165, 1.54) is 6.42 Å². The number of nitrogens with zero attached hydrogens (tertiary/aromatic N) is 1. The van der Waals surface area contributed by atoms with Gasteiger partial charge in [-0.1, -0.05) is 30.1 Å². The standard InChI is InChI=1S/C16H22Cl2N2O2/c1-3-20-8-4-5-13(20)10-19-16(21)11(2)22-15-7-6-12(17)9-14(15)18/h6-7,9,11,13H,3-5,8,10H2,1-2H3,(H,19,21)/t11-,13-/m0/s1. The average molecular weight is 345 g/mol. The Hall–Kier alpha value is -0.970. The number of hydrogen-bond donors (Lipinski definition) is 1. The van der Waals surface area contributed by atoms with Gasteiger partial charge in [0.2, 0.25) is 0 Å². The minimum atomic E-state index is -0.602. The fourth-order valence-corrected chi connectivity index (χ4v) is 3.17. The van der Waals surface area contributed by atoms with Gasteiger partial charge in [0.25, 0.3) is 5.91 Å². The Kier molecular flexibility index (Phi) is 6.36. The van der Waals surface area contributed by atoms with Crippen LogP contribution in [0.15, 0.2) is 18.2 Å². The highest BCUT2D eigenvalue weighted by atomic mass is 35.5. The molecule has 1 aromatic carbocycles. The largest absolute Gasteiger partial charge is 0.479 e. The van der Waals surface area contributed by atoms with Crippen molar-refractivity contribution in [1.82, 2.24) is 10.2 Å². The highest BCUT2D eigenvalue weighted by Crippen LogP contribution is 2.28. The number of carbonyl (C=O) groups is 1. The smallest absolute Gasteiger partial charge is 0.260 e. The summed E-state index contributed by atoms with van der Waals surface area (Å²) in [4.78, 5) is 14.5. The molecule has 1 saturated heterocycles. The molecule has 0 aliphatic carbocycles. The number of nitrogens with one attached hydrogen (secondary N) is 1. The van der Waals surface area contributed by atoms with Gasteiger partial charge >= 0.3 is 0 Å². The second kappa shape index (κ2) is 8.04. The predicted octanol–water partition coefficient (Wildman–Crippen LogP) is 3.36. The normalized spacial score (nSPS) is 19.9. The molecule has 2 rings (SSSR count). The van der Waals surface area contributed by atoms with Gasteiger partial charge in [-0.25, -0.2) is 0 Å². The summed E-state index contributed by atoms with van der Waals surface area (Å²) in [5, 5.41) is 3.91. The molecule has 0 radical (unpaired) electrons. The Labute approximate surface area is 141 Å². The molecule has 1 amide bonds. The molecule has 2 atom stereocenters. The Morgan fingerprint density at radius 1 is 1.50 bits per heavy atom. The zero-order chi connectivity index (χ0) is 16.1. The van der Waals surface area contributed by atoms with Crippen molar-refractivity contribution in [1.29, 1.82) is 0 Å². The fourth-order valence-electron chi connectivity index (χ4n) is 2.72. The lowest BCUT2D eigenvalue weighted by atomic mass is 10.2. The van der Waals surface area contributed by atoms with Crippen LogP contribution in [0.3, 0.4) is 0 Å². The van der Waals surface area contributed by atoms with Crippen LogP contribution in [0.25, 0.3) is 0 Å². The quantitative estimate of drug-likeness (QED) is 0.860. The summed E-state index contributed by atoms with van der Waals surface area (Å²) in [7, 11) is 0. The number of halogens is 2. The lowest BCUT2D eigenvalue weighted by molar-refractivity contribution is -0.127.